The smallest absolute Gasteiger partial charge is 0.128 e. The Morgan fingerprint density at radius 2 is 2.00 bits per heavy atom. The van der Waals surface area contributed by atoms with Gasteiger partial charge in [-0.05, 0) is 56.0 Å². The lowest BCUT2D eigenvalue weighted by atomic mass is 9.91. The van der Waals surface area contributed by atoms with Crippen molar-refractivity contribution in [2.24, 2.45) is 5.92 Å². The van der Waals surface area contributed by atoms with Crippen LogP contribution in [0.15, 0.2) is 24.3 Å². The molecule has 0 aliphatic carbocycles. The molecule has 1 heterocycles. The molecule has 2 unspecified atom stereocenters. The van der Waals surface area contributed by atoms with E-state index in [9.17, 15) is 4.39 Å². The molecule has 0 radical (unpaired) electrons. The predicted octanol–water partition coefficient (Wildman–Crippen LogP) is 3.10. The highest BCUT2D eigenvalue weighted by atomic mass is 19.1. The fourth-order valence-corrected chi connectivity index (χ4v) is 2.40. The fourth-order valence-electron chi connectivity index (χ4n) is 2.40. The molecule has 2 atom stereocenters. The molecule has 1 N–H and O–H groups in total. The molecule has 1 aromatic rings. The van der Waals surface area contributed by atoms with Crippen molar-refractivity contribution in [3.63, 3.8) is 0 Å². The molecular formula is C14H20FNO. The van der Waals surface area contributed by atoms with Gasteiger partial charge in [-0.1, -0.05) is 12.1 Å². The Bertz CT molecular complexity index is 331. The second-order valence-corrected chi connectivity index (χ2v) is 4.62. The quantitative estimate of drug-likeness (QED) is 0.872. The van der Waals surface area contributed by atoms with Gasteiger partial charge in [0.25, 0.3) is 0 Å². The van der Waals surface area contributed by atoms with E-state index < -0.39 is 6.17 Å². The lowest BCUT2D eigenvalue weighted by Crippen LogP contribution is -2.15. The highest BCUT2D eigenvalue weighted by Crippen LogP contribution is 2.33. The molecule has 17 heavy (non-hydrogen) atoms. The molecule has 0 spiro atoms. The molecule has 0 amide bonds. The van der Waals surface area contributed by atoms with Crippen molar-refractivity contribution in [3.8, 4) is 5.75 Å². The number of hydrogen-bond acceptors (Lipinski definition) is 2. The van der Waals surface area contributed by atoms with Gasteiger partial charge in [0.05, 0.1) is 7.11 Å². The molecule has 3 heteroatoms. The Morgan fingerprint density at radius 1 is 1.24 bits per heavy atom. The SMILES string of the molecule is COc1ccc(C(F)C2CCCNCC2)cc1. The third kappa shape index (κ3) is 3.19. The normalized spacial score (nSPS) is 22.8. The first-order valence-electron chi connectivity index (χ1n) is 6.30. The van der Waals surface area contributed by atoms with E-state index in [-0.39, 0.29) is 5.92 Å². The minimum Gasteiger partial charge on any atom is -0.497 e. The second kappa shape index (κ2) is 6.01. The van der Waals surface area contributed by atoms with E-state index in [4.69, 9.17) is 4.74 Å². The number of nitrogens with one attached hydrogen (secondary N) is 1. The van der Waals surface area contributed by atoms with Crippen LogP contribution in [0.2, 0.25) is 0 Å². The maximum Gasteiger partial charge on any atom is 0.128 e. The molecule has 2 rings (SSSR count). The molecule has 0 saturated carbocycles. The van der Waals surface area contributed by atoms with Crippen molar-refractivity contribution in [1.82, 2.24) is 5.32 Å². The number of ether oxygens (including phenoxy) is 1. The van der Waals surface area contributed by atoms with Crippen LogP contribution >= 0.6 is 0 Å². The Balaban J connectivity index is 2.03. The van der Waals surface area contributed by atoms with E-state index in [1.165, 1.54) is 0 Å². The highest BCUT2D eigenvalue weighted by Gasteiger charge is 2.23. The van der Waals surface area contributed by atoms with Crippen LogP contribution in [-0.2, 0) is 0 Å². The van der Waals surface area contributed by atoms with Crippen LogP contribution in [0.25, 0.3) is 0 Å². The van der Waals surface area contributed by atoms with Crippen LogP contribution in [0.1, 0.15) is 31.0 Å². The molecule has 0 aromatic heterocycles. The van der Waals surface area contributed by atoms with Gasteiger partial charge in [-0.2, -0.15) is 0 Å². The first-order valence-corrected chi connectivity index (χ1v) is 6.30. The highest BCUT2D eigenvalue weighted by molar-refractivity contribution is 5.28. The van der Waals surface area contributed by atoms with Gasteiger partial charge in [0.15, 0.2) is 0 Å². The van der Waals surface area contributed by atoms with Crippen molar-refractivity contribution in [3.05, 3.63) is 29.8 Å². The summed E-state index contributed by atoms with van der Waals surface area (Å²) in [6.45, 7) is 1.95. The Morgan fingerprint density at radius 3 is 2.71 bits per heavy atom. The van der Waals surface area contributed by atoms with Gasteiger partial charge in [0.1, 0.15) is 11.9 Å². The van der Waals surface area contributed by atoms with E-state index in [1.807, 2.05) is 24.3 Å². The molecule has 1 fully saturated rings. The molecular weight excluding hydrogens is 217 g/mol. The molecule has 1 aliphatic rings. The topological polar surface area (TPSA) is 21.3 Å². The summed E-state index contributed by atoms with van der Waals surface area (Å²) in [5, 5.41) is 3.32. The fraction of sp³-hybridized carbons (Fsp3) is 0.571. The Hall–Kier alpha value is -1.09. The number of methoxy groups -OCH3 is 1. The zero-order chi connectivity index (χ0) is 12.1. The standard InChI is InChI=1S/C14H20FNO/c1-17-13-6-4-12(5-7-13)14(15)11-3-2-9-16-10-8-11/h4-7,11,14,16H,2-3,8-10H2,1H3. The van der Waals surface area contributed by atoms with Crippen LogP contribution in [0.5, 0.6) is 5.75 Å². The summed E-state index contributed by atoms with van der Waals surface area (Å²) in [7, 11) is 1.62. The summed E-state index contributed by atoms with van der Waals surface area (Å²) in [6, 6.07) is 7.33. The first-order chi connectivity index (χ1) is 8.31. The largest absolute Gasteiger partial charge is 0.497 e. The second-order valence-electron chi connectivity index (χ2n) is 4.62. The molecule has 2 nitrogen and oxygen atoms in total. The third-order valence-electron chi connectivity index (χ3n) is 3.47. The lowest BCUT2D eigenvalue weighted by molar-refractivity contribution is 0.215. The molecule has 1 aliphatic heterocycles. The number of hydrogen-bond donors (Lipinski definition) is 1. The first kappa shape index (κ1) is 12.4. The van der Waals surface area contributed by atoms with Gasteiger partial charge in [0.2, 0.25) is 0 Å². The van der Waals surface area contributed by atoms with Gasteiger partial charge in [-0.25, -0.2) is 4.39 Å². The van der Waals surface area contributed by atoms with Crippen molar-refractivity contribution < 1.29 is 9.13 Å². The third-order valence-corrected chi connectivity index (χ3v) is 3.47. The minimum absolute atomic E-state index is 0.151. The minimum atomic E-state index is -0.846. The van der Waals surface area contributed by atoms with Gasteiger partial charge in [0, 0.05) is 0 Å². The predicted molar refractivity (Wildman–Crippen MR) is 67.1 cm³/mol. The summed E-state index contributed by atoms with van der Waals surface area (Å²) in [5.74, 6) is 0.932. The van der Waals surface area contributed by atoms with E-state index in [0.717, 1.165) is 43.7 Å². The number of benzene rings is 1. The van der Waals surface area contributed by atoms with Crippen LogP contribution in [0.3, 0.4) is 0 Å². The Kier molecular flexibility index (Phi) is 4.37. The van der Waals surface area contributed by atoms with Crippen molar-refractivity contribution >= 4 is 0 Å². The maximum absolute atomic E-state index is 14.4. The summed E-state index contributed by atoms with van der Waals surface area (Å²) >= 11 is 0. The monoisotopic (exact) mass is 237 g/mol. The van der Waals surface area contributed by atoms with Gasteiger partial charge in [-0.3, -0.25) is 0 Å². The average molecular weight is 237 g/mol. The summed E-state index contributed by atoms with van der Waals surface area (Å²) in [6.07, 6.45) is 2.12. The number of halogens is 1. The molecule has 1 aromatic carbocycles. The van der Waals surface area contributed by atoms with Crippen LogP contribution in [0, 0.1) is 5.92 Å². The van der Waals surface area contributed by atoms with Gasteiger partial charge < -0.3 is 10.1 Å². The van der Waals surface area contributed by atoms with Crippen molar-refractivity contribution in [2.45, 2.75) is 25.4 Å². The summed E-state index contributed by atoms with van der Waals surface area (Å²) < 4.78 is 19.5. The maximum atomic E-state index is 14.4. The number of alkyl halides is 1. The van der Waals surface area contributed by atoms with E-state index in [0.29, 0.717) is 0 Å². The van der Waals surface area contributed by atoms with E-state index >= 15 is 0 Å². The zero-order valence-corrected chi connectivity index (χ0v) is 10.3. The molecule has 1 saturated heterocycles. The molecule has 94 valence electrons. The van der Waals surface area contributed by atoms with Crippen LogP contribution in [0.4, 0.5) is 4.39 Å². The van der Waals surface area contributed by atoms with Crippen molar-refractivity contribution in [2.75, 3.05) is 20.2 Å². The lowest BCUT2D eigenvalue weighted by Gasteiger charge is -2.19. The van der Waals surface area contributed by atoms with Gasteiger partial charge in [-0.15, -0.1) is 0 Å². The summed E-state index contributed by atoms with van der Waals surface area (Å²) in [4.78, 5) is 0. The van der Waals surface area contributed by atoms with Gasteiger partial charge >= 0.3 is 0 Å². The zero-order valence-electron chi connectivity index (χ0n) is 10.3. The summed E-state index contributed by atoms with van der Waals surface area (Å²) in [5.41, 5.74) is 0.776. The van der Waals surface area contributed by atoms with Crippen LogP contribution in [-0.4, -0.2) is 20.2 Å². The molecule has 0 bridgehead atoms. The van der Waals surface area contributed by atoms with E-state index in [1.54, 1.807) is 7.11 Å². The number of rotatable bonds is 3. The van der Waals surface area contributed by atoms with Crippen molar-refractivity contribution in [1.29, 1.82) is 0 Å². The van der Waals surface area contributed by atoms with E-state index in [2.05, 4.69) is 5.32 Å². The average Bonchev–Trinajstić information content (AvgIpc) is 2.67. The van der Waals surface area contributed by atoms with Crippen LogP contribution < -0.4 is 10.1 Å². The Labute approximate surface area is 102 Å².